The number of amides is 1. The van der Waals surface area contributed by atoms with E-state index in [1.54, 1.807) is 6.20 Å². The van der Waals surface area contributed by atoms with Gasteiger partial charge >= 0.3 is 0 Å². The van der Waals surface area contributed by atoms with E-state index in [-0.39, 0.29) is 11.7 Å². The van der Waals surface area contributed by atoms with Crippen molar-refractivity contribution < 1.29 is 14.3 Å². The Morgan fingerprint density at radius 2 is 1.79 bits per heavy atom. The van der Waals surface area contributed by atoms with Gasteiger partial charge in [-0.05, 0) is 42.8 Å². The van der Waals surface area contributed by atoms with Crippen molar-refractivity contribution in [3.63, 3.8) is 0 Å². The molecule has 2 saturated heterocycles. The smallest absolute Gasteiger partial charge is 0.257 e. The summed E-state index contributed by atoms with van der Waals surface area (Å²) in [7, 11) is 0. The summed E-state index contributed by atoms with van der Waals surface area (Å²) in [6.45, 7) is 5.28. The molecule has 3 aliphatic heterocycles. The van der Waals surface area contributed by atoms with E-state index >= 15 is 0 Å². The van der Waals surface area contributed by atoms with Gasteiger partial charge in [0.1, 0.15) is 0 Å². The average molecular weight is 391 g/mol. The van der Waals surface area contributed by atoms with Crippen molar-refractivity contribution in [2.24, 2.45) is 0 Å². The Kier molecular flexibility index (Phi) is 4.53. The van der Waals surface area contributed by atoms with Crippen LogP contribution in [0.4, 0.5) is 17.1 Å². The molecule has 3 heterocycles. The topological polar surface area (TPSA) is 62.8 Å². The van der Waals surface area contributed by atoms with E-state index in [0.29, 0.717) is 18.8 Å². The van der Waals surface area contributed by atoms with Crippen molar-refractivity contribution in [1.82, 2.24) is 0 Å². The molecule has 2 N–H and O–H groups in total. The van der Waals surface area contributed by atoms with Crippen LogP contribution in [0.2, 0.25) is 0 Å². The normalized spacial score (nSPS) is 21.5. The van der Waals surface area contributed by atoms with Gasteiger partial charge < -0.3 is 25.0 Å². The number of fused-ring (bicyclic) bond motifs is 1. The van der Waals surface area contributed by atoms with Crippen molar-refractivity contribution in [2.75, 3.05) is 41.8 Å². The van der Waals surface area contributed by atoms with Gasteiger partial charge in [-0.25, -0.2) is 0 Å². The fourth-order valence-corrected chi connectivity index (χ4v) is 4.39. The second kappa shape index (κ2) is 7.21. The van der Waals surface area contributed by atoms with Crippen molar-refractivity contribution >= 4 is 28.5 Å². The number of ether oxygens (including phenoxy) is 2. The largest absolute Gasteiger partial charge is 0.371 e. The first-order valence-electron chi connectivity index (χ1n) is 10.1. The number of rotatable bonds is 3. The first-order chi connectivity index (χ1) is 14.1. The van der Waals surface area contributed by atoms with Crippen molar-refractivity contribution in [3.8, 4) is 0 Å². The van der Waals surface area contributed by atoms with Gasteiger partial charge in [0.25, 0.3) is 5.91 Å². The molecule has 3 aliphatic rings. The maximum atomic E-state index is 12.3. The lowest BCUT2D eigenvalue weighted by Crippen LogP contribution is -2.45. The van der Waals surface area contributed by atoms with Crippen LogP contribution in [0, 0.1) is 6.92 Å². The van der Waals surface area contributed by atoms with E-state index in [1.165, 1.54) is 5.69 Å². The predicted molar refractivity (Wildman–Crippen MR) is 114 cm³/mol. The third-order valence-corrected chi connectivity index (χ3v) is 5.99. The molecule has 0 saturated carbocycles. The standard InChI is InChI=1S/C23H25N3O3/c1-16-3-2-4-20-21(16)19(22(27)25-20)15-24-17-5-7-18(8-6-17)26-11-9-23(10-12-26)28-13-14-29-23/h2-8,15,24H,9-14H2,1H3,(H,25,27). The Bertz CT molecular complexity index is 952. The summed E-state index contributed by atoms with van der Waals surface area (Å²) in [6.07, 6.45) is 3.59. The molecule has 0 unspecified atom stereocenters. The van der Waals surface area contributed by atoms with E-state index in [4.69, 9.17) is 9.47 Å². The van der Waals surface area contributed by atoms with E-state index < -0.39 is 0 Å². The van der Waals surface area contributed by atoms with Gasteiger partial charge in [-0.3, -0.25) is 4.79 Å². The fourth-order valence-electron chi connectivity index (χ4n) is 4.39. The van der Waals surface area contributed by atoms with Gasteiger partial charge in [-0.1, -0.05) is 12.1 Å². The van der Waals surface area contributed by atoms with Crippen LogP contribution in [0.25, 0.3) is 5.57 Å². The number of piperidine rings is 1. The van der Waals surface area contributed by atoms with Crippen molar-refractivity contribution in [3.05, 3.63) is 59.8 Å². The number of benzene rings is 2. The van der Waals surface area contributed by atoms with Crippen LogP contribution >= 0.6 is 0 Å². The zero-order valence-corrected chi connectivity index (χ0v) is 16.5. The van der Waals surface area contributed by atoms with Crippen LogP contribution in [0.15, 0.2) is 48.7 Å². The first kappa shape index (κ1) is 18.2. The molecule has 0 aromatic heterocycles. The van der Waals surface area contributed by atoms with E-state index in [2.05, 4.69) is 27.7 Å². The number of carbonyl (C=O) groups is 1. The number of anilines is 3. The average Bonchev–Trinajstić information content (AvgIpc) is 3.32. The maximum absolute atomic E-state index is 12.3. The number of aryl methyl sites for hydroxylation is 1. The molecule has 1 amide bonds. The molecule has 150 valence electrons. The molecule has 0 aliphatic carbocycles. The lowest BCUT2D eigenvalue weighted by atomic mass is 10.0. The monoisotopic (exact) mass is 391 g/mol. The predicted octanol–water partition coefficient (Wildman–Crippen LogP) is 3.74. The molecule has 29 heavy (non-hydrogen) atoms. The number of hydrogen-bond donors (Lipinski definition) is 2. The summed E-state index contributed by atoms with van der Waals surface area (Å²) >= 11 is 0. The van der Waals surface area contributed by atoms with Crippen molar-refractivity contribution in [2.45, 2.75) is 25.6 Å². The molecule has 2 fully saturated rings. The highest BCUT2D eigenvalue weighted by molar-refractivity contribution is 6.32. The summed E-state index contributed by atoms with van der Waals surface area (Å²) < 4.78 is 11.6. The van der Waals surface area contributed by atoms with Gasteiger partial charge in [-0.2, -0.15) is 0 Å². The number of carbonyl (C=O) groups excluding carboxylic acids is 1. The quantitative estimate of drug-likeness (QED) is 0.781. The lowest BCUT2D eigenvalue weighted by molar-refractivity contribution is -0.169. The van der Waals surface area contributed by atoms with E-state index in [0.717, 1.165) is 48.4 Å². The Morgan fingerprint density at radius 3 is 2.52 bits per heavy atom. The van der Waals surface area contributed by atoms with Gasteiger partial charge in [-0.15, -0.1) is 0 Å². The molecule has 0 atom stereocenters. The highest BCUT2D eigenvalue weighted by Crippen LogP contribution is 2.35. The second-order valence-corrected chi connectivity index (χ2v) is 7.80. The molecule has 1 spiro atoms. The van der Waals surface area contributed by atoms with Gasteiger partial charge in [0.05, 0.1) is 18.8 Å². The van der Waals surface area contributed by atoms with E-state index in [1.807, 2.05) is 37.3 Å². The van der Waals surface area contributed by atoms with Crippen LogP contribution in [0.3, 0.4) is 0 Å². The molecule has 0 bridgehead atoms. The molecule has 2 aromatic rings. The van der Waals surface area contributed by atoms with Crippen molar-refractivity contribution in [1.29, 1.82) is 0 Å². The zero-order chi connectivity index (χ0) is 19.8. The van der Waals surface area contributed by atoms with Gasteiger partial charge in [0.15, 0.2) is 5.79 Å². The number of hydrogen-bond acceptors (Lipinski definition) is 5. The summed E-state index contributed by atoms with van der Waals surface area (Å²) in [5.74, 6) is -0.419. The highest BCUT2D eigenvalue weighted by atomic mass is 16.7. The molecular formula is C23H25N3O3. The Hall–Kier alpha value is -2.83. The van der Waals surface area contributed by atoms with Crippen LogP contribution in [-0.4, -0.2) is 38.0 Å². The third kappa shape index (κ3) is 3.39. The molecule has 0 radical (unpaired) electrons. The minimum Gasteiger partial charge on any atom is -0.371 e. The Labute approximate surface area is 170 Å². The van der Waals surface area contributed by atoms with Crippen LogP contribution in [0.1, 0.15) is 24.0 Å². The third-order valence-electron chi connectivity index (χ3n) is 5.99. The Balaban J connectivity index is 1.26. The van der Waals surface area contributed by atoms with Crippen LogP contribution in [0.5, 0.6) is 0 Å². The van der Waals surface area contributed by atoms with Crippen LogP contribution < -0.4 is 15.5 Å². The summed E-state index contributed by atoms with van der Waals surface area (Å²) in [5.41, 5.74) is 5.74. The molecule has 6 heteroatoms. The maximum Gasteiger partial charge on any atom is 0.257 e. The van der Waals surface area contributed by atoms with E-state index in [9.17, 15) is 4.79 Å². The summed E-state index contributed by atoms with van der Waals surface area (Å²) in [4.78, 5) is 14.7. The summed E-state index contributed by atoms with van der Waals surface area (Å²) in [5, 5.41) is 6.20. The molecular weight excluding hydrogens is 366 g/mol. The zero-order valence-electron chi connectivity index (χ0n) is 16.5. The summed E-state index contributed by atoms with van der Waals surface area (Å²) in [6, 6.07) is 14.2. The molecule has 6 nitrogen and oxygen atoms in total. The Morgan fingerprint density at radius 1 is 1.07 bits per heavy atom. The minimum atomic E-state index is -0.347. The first-order valence-corrected chi connectivity index (χ1v) is 10.1. The van der Waals surface area contributed by atoms with Crippen LogP contribution in [-0.2, 0) is 14.3 Å². The lowest BCUT2D eigenvalue weighted by Gasteiger charge is -2.38. The minimum absolute atomic E-state index is 0.0722. The molecule has 5 rings (SSSR count). The van der Waals surface area contributed by atoms with Gasteiger partial charge in [0, 0.05) is 54.8 Å². The highest BCUT2D eigenvalue weighted by Gasteiger charge is 2.39. The number of nitrogens with one attached hydrogen (secondary N) is 2. The fraction of sp³-hybridized carbons (Fsp3) is 0.348. The number of nitrogens with zero attached hydrogens (tertiary/aromatic N) is 1. The SMILES string of the molecule is Cc1cccc2c1C(=CNc1ccc(N3CCC4(CC3)OCCO4)cc1)C(=O)N2. The second-order valence-electron chi connectivity index (χ2n) is 7.80. The van der Waals surface area contributed by atoms with Gasteiger partial charge in [0.2, 0.25) is 0 Å². The molecule has 2 aromatic carbocycles.